The average Bonchev–Trinajstić information content (AvgIpc) is 3.15. The predicted molar refractivity (Wildman–Crippen MR) is 103 cm³/mol. The van der Waals surface area contributed by atoms with E-state index in [9.17, 15) is 18.4 Å². The lowest BCUT2D eigenvalue weighted by atomic mass is 10.2. The zero-order chi connectivity index (χ0) is 19.8. The van der Waals surface area contributed by atoms with E-state index in [2.05, 4.69) is 10.1 Å². The lowest BCUT2D eigenvalue weighted by molar-refractivity contribution is -0.150. The van der Waals surface area contributed by atoms with E-state index in [1.807, 2.05) is 4.90 Å². The van der Waals surface area contributed by atoms with Crippen LogP contribution in [0.3, 0.4) is 0 Å². The Morgan fingerprint density at radius 2 is 1.96 bits per heavy atom. The second-order valence-corrected chi connectivity index (χ2v) is 7.35. The van der Waals surface area contributed by atoms with Crippen LogP contribution in [0.1, 0.15) is 19.8 Å². The SMILES string of the molecule is C[C@@H](OC(=O)CSC(=S)N1CCCC1)C(=O)Nc1ccccc1OC(F)F. The van der Waals surface area contributed by atoms with E-state index in [0.29, 0.717) is 4.32 Å². The van der Waals surface area contributed by atoms with Gasteiger partial charge in [0.15, 0.2) is 6.10 Å². The van der Waals surface area contributed by atoms with E-state index in [1.165, 1.54) is 36.9 Å². The van der Waals surface area contributed by atoms with Crippen molar-refractivity contribution in [2.75, 3.05) is 24.2 Å². The van der Waals surface area contributed by atoms with Crippen molar-refractivity contribution in [2.24, 2.45) is 0 Å². The van der Waals surface area contributed by atoms with Crippen molar-refractivity contribution < 1.29 is 27.8 Å². The molecule has 1 saturated heterocycles. The number of amides is 1. The van der Waals surface area contributed by atoms with Crippen LogP contribution in [0.4, 0.5) is 14.5 Å². The van der Waals surface area contributed by atoms with E-state index >= 15 is 0 Å². The quantitative estimate of drug-likeness (QED) is 0.538. The van der Waals surface area contributed by atoms with Crippen LogP contribution in [-0.2, 0) is 14.3 Å². The molecule has 1 aliphatic heterocycles. The van der Waals surface area contributed by atoms with Crippen LogP contribution < -0.4 is 10.1 Å². The van der Waals surface area contributed by atoms with Gasteiger partial charge >= 0.3 is 12.6 Å². The van der Waals surface area contributed by atoms with E-state index in [1.54, 1.807) is 6.07 Å². The molecule has 1 heterocycles. The first-order chi connectivity index (χ1) is 12.9. The van der Waals surface area contributed by atoms with E-state index < -0.39 is 24.6 Å². The minimum Gasteiger partial charge on any atom is -0.452 e. The minimum atomic E-state index is -3.02. The summed E-state index contributed by atoms with van der Waals surface area (Å²) in [6.07, 6.45) is 1.07. The Balaban J connectivity index is 1.81. The first-order valence-corrected chi connectivity index (χ1v) is 9.72. The summed E-state index contributed by atoms with van der Waals surface area (Å²) in [7, 11) is 0. The van der Waals surface area contributed by atoms with Crippen molar-refractivity contribution in [1.29, 1.82) is 0 Å². The molecular formula is C17H20F2N2O4S2. The number of nitrogens with zero attached hydrogens (tertiary/aromatic N) is 1. The van der Waals surface area contributed by atoms with Crippen molar-refractivity contribution in [3.05, 3.63) is 24.3 Å². The molecule has 0 aromatic heterocycles. The van der Waals surface area contributed by atoms with Crippen molar-refractivity contribution in [3.63, 3.8) is 0 Å². The third-order valence-electron chi connectivity index (χ3n) is 3.72. The average molecular weight is 418 g/mol. The number of carbonyl (C=O) groups is 2. The van der Waals surface area contributed by atoms with Crippen molar-refractivity contribution in [1.82, 2.24) is 4.90 Å². The van der Waals surface area contributed by atoms with Crippen molar-refractivity contribution in [3.8, 4) is 5.75 Å². The highest BCUT2D eigenvalue weighted by atomic mass is 32.2. The molecule has 1 aromatic rings. The summed E-state index contributed by atoms with van der Waals surface area (Å²) in [6.45, 7) is 0.155. The van der Waals surface area contributed by atoms with Crippen LogP contribution in [0.15, 0.2) is 24.3 Å². The van der Waals surface area contributed by atoms with Gasteiger partial charge in [0.05, 0.1) is 11.4 Å². The van der Waals surface area contributed by atoms with Gasteiger partial charge in [-0.15, -0.1) is 0 Å². The number of anilines is 1. The molecule has 0 aliphatic carbocycles. The van der Waals surface area contributed by atoms with Gasteiger partial charge in [-0.25, -0.2) is 0 Å². The number of para-hydroxylation sites is 2. The lowest BCUT2D eigenvalue weighted by Crippen LogP contribution is -2.31. The maximum atomic E-state index is 12.4. The number of nitrogens with one attached hydrogen (secondary N) is 1. The summed E-state index contributed by atoms with van der Waals surface area (Å²) in [4.78, 5) is 26.1. The second kappa shape index (κ2) is 10.4. The number of likely N-dealkylation sites (tertiary alicyclic amines) is 1. The number of hydrogen-bond donors (Lipinski definition) is 1. The van der Waals surface area contributed by atoms with Crippen molar-refractivity contribution >= 4 is 45.9 Å². The normalized spacial score (nSPS) is 14.7. The van der Waals surface area contributed by atoms with Crippen LogP contribution in [0.5, 0.6) is 5.75 Å². The maximum absolute atomic E-state index is 12.4. The number of carbonyl (C=O) groups excluding carboxylic acids is 2. The molecular weight excluding hydrogens is 398 g/mol. The molecule has 6 nitrogen and oxygen atoms in total. The second-order valence-electron chi connectivity index (χ2n) is 5.74. The van der Waals surface area contributed by atoms with Crippen LogP contribution in [0.2, 0.25) is 0 Å². The van der Waals surface area contributed by atoms with Crippen LogP contribution in [-0.4, -0.2) is 52.7 Å². The number of benzene rings is 1. The molecule has 1 amide bonds. The number of halogens is 2. The predicted octanol–water partition coefficient (Wildman–Crippen LogP) is 3.27. The zero-order valence-corrected chi connectivity index (χ0v) is 16.3. The van der Waals surface area contributed by atoms with Crippen LogP contribution in [0.25, 0.3) is 0 Å². The molecule has 27 heavy (non-hydrogen) atoms. The number of thiocarbonyl (C=S) groups is 1. The molecule has 148 valence electrons. The zero-order valence-electron chi connectivity index (χ0n) is 14.7. The number of alkyl halides is 2. The lowest BCUT2D eigenvalue weighted by Gasteiger charge is -2.18. The molecule has 0 spiro atoms. The first-order valence-electron chi connectivity index (χ1n) is 8.32. The van der Waals surface area contributed by atoms with Gasteiger partial charge in [0.2, 0.25) is 0 Å². The molecule has 0 bridgehead atoms. The van der Waals surface area contributed by atoms with E-state index in [-0.39, 0.29) is 17.2 Å². The molecule has 0 saturated carbocycles. The number of ether oxygens (including phenoxy) is 2. The molecule has 1 fully saturated rings. The fraction of sp³-hybridized carbons (Fsp3) is 0.471. The molecule has 0 radical (unpaired) electrons. The van der Waals surface area contributed by atoms with Gasteiger partial charge in [-0.3, -0.25) is 9.59 Å². The third-order valence-corrected chi connectivity index (χ3v) is 5.21. The van der Waals surface area contributed by atoms with Crippen LogP contribution >= 0.6 is 24.0 Å². The number of rotatable bonds is 7. The fourth-order valence-electron chi connectivity index (χ4n) is 2.40. The summed E-state index contributed by atoms with van der Waals surface area (Å²) < 4.78 is 34.9. The van der Waals surface area contributed by atoms with Gasteiger partial charge in [0.1, 0.15) is 10.1 Å². The summed E-state index contributed by atoms with van der Waals surface area (Å²) >= 11 is 6.46. The van der Waals surface area contributed by atoms with Gasteiger partial charge in [0, 0.05) is 13.1 Å². The van der Waals surface area contributed by atoms with Gasteiger partial charge in [-0.05, 0) is 31.9 Å². The van der Waals surface area contributed by atoms with Gasteiger partial charge < -0.3 is 19.7 Å². The van der Waals surface area contributed by atoms with E-state index in [0.717, 1.165) is 25.9 Å². The smallest absolute Gasteiger partial charge is 0.387 e. The number of hydrogen-bond acceptors (Lipinski definition) is 6. The molecule has 1 aromatic carbocycles. The molecule has 1 atom stereocenters. The Kier molecular flexibility index (Phi) is 8.23. The number of thioether (sulfide) groups is 1. The highest BCUT2D eigenvalue weighted by Crippen LogP contribution is 2.25. The Hall–Kier alpha value is -1.94. The van der Waals surface area contributed by atoms with Crippen LogP contribution in [0, 0.1) is 0 Å². The summed E-state index contributed by atoms with van der Waals surface area (Å²) in [5, 5.41) is 2.42. The Bertz CT molecular complexity index is 685. The summed E-state index contributed by atoms with van der Waals surface area (Å²) in [5.74, 6) is -1.41. The number of esters is 1. The largest absolute Gasteiger partial charge is 0.452 e. The summed E-state index contributed by atoms with van der Waals surface area (Å²) in [5.41, 5.74) is 0.0651. The Morgan fingerprint density at radius 1 is 1.30 bits per heavy atom. The standard InChI is InChI=1S/C17H20F2N2O4S2/c1-11(24-14(22)10-27-17(26)21-8-4-5-9-21)15(23)20-12-6-2-3-7-13(12)25-16(18)19/h2-3,6-7,11,16H,4-5,8-10H2,1H3,(H,20,23)/t11-/m1/s1. The Labute approximate surface area is 165 Å². The molecule has 1 N–H and O–H groups in total. The molecule has 1 aliphatic rings. The third kappa shape index (κ3) is 6.94. The van der Waals surface area contributed by atoms with Gasteiger partial charge in [-0.2, -0.15) is 8.78 Å². The minimum absolute atomic E-state index is 0.00195. The summed E-state index contributed by atoms with van der Waals surface area (Å²) in [6, 6.07) is 5.76. The highest BCUT2D eigenvalue weighted by Gasteiger charge is 2.21. The Morgan fingerprint density at radius 3 is 2.63 bits per heavy atom. The molecule has 0 unspecified atom stereocenters. The van der Waals surface area contributed by atoms with Gasteiger partial charge in [-0.1, -0.05) is 36.1 Å². The highest BCUT2D eigenvalue weighted by molar-refractivity contribution is 8.23. The monoisotopic (exact) mass is 418 g/mol. The topological polar surface area (TPSA) is 67.9 Å². The maximum Gasteiger partial charge on any atom is 0.387 e. The van der Waals surface area contributed by atoms with Crippen molar-refractivity contribution in [2.45, 2.75) is 32.5 Å². The fourth-order valence-corrected chi connectivity index (χ4v) is 3.43. The molecule has 2 rings (SSSR count). The molecule has 10 heteroatoms. The first kappa shape index (κ1) is 21.4. The van der Waals surface area contributed by atoms with Gasteiger partial charge in [0.25, 0.3) is 5.91 Å². The van der Waals surface area contributed by atoms with E-state index in [4.69, 9.17) is 17.0 Å².